The zero-order chi connectivity index (χ0) is 14.7. The predicted octanol–water partition coefficient (Wildman–Crippen LogP) is 0.661. The van der Waals surface area contributed by atoms with E-state index in [1.54, 1.807) is 6.20 Å². The van der Waals surface area contributed by atoms with Gasteiger partial charge in [-0.05, 0) is 18.6 Å². The van der Waals surface area contributed by atoms with Gasteiger partial charge in [0.15, 0.2) is 6.04 Å². The number of aliphatic hydroxyl groups is 1. The van der Waals surface area contributed by atoms with Crippen LogP contribution in [0.1, 0.15) is 12.5 Å². The number of H-pyrrole nitrogens is 1. The Hall–Kier alpha value is -2.34. The van der Waals surface area contributed by atoms with Crippen molar-refractivity contribution >= 4 is 22.8 Å². The largest absolute Gasteiger partial charge is 0.480 e. The van der Waals surface area contributed by atoms with Crippen molar-refractivity contribution in [3.8, 4) is 0 Å². The van der Waals surface area contributed by atoms with Gasteiger partial charge in [-0.25, -0.2) is 4.79 Å². The van der Waals surface area contributed by atoms with Crippen molar-refractivity contribution in [1.29, 1.82) is 0 Å². The summed E-state index contributed by atoms with van der Waals surface area (Å²) in [5.41, 5.74) is 1.70. The molecule has 6 heteroatoms. The normalized spacial score (nSPS) is 13.9. The van der Waals surface area contributed by atoms with E-state index in [1.165, 1.54) is 6.92 Å². The van der Waals surface area contributed by atoms with E-state index in [9.17, 15) is 14.7 Å². The average Bonchev–Trinajstić information content (AvgIpc) is 2.79. The zero-order valence-electron chi connectivity index (χ0n) is 11.0. The van der Waals surface area contributed by atoms with Crippen LogP contribution in [0.4, 0.5) is 0 Å². The molecule has 4 N–H and O–H groups in total. The van der Waals surface area contributed by atoms with Gasteiger partial charge >= 0.3 is 5.97 Å². The lowest BCUT2D eigenvalue weighted by atomic mass is 10.1. The molecule has 0 saturated carbocycles. The number of aromatic amines is 1. The van der Waals surface area contributed by atoms with Crippen LogP contribution < -0.4 is 5.32 Å². The van der Waals surface area contributed by atoms with Gasteiger partial charge < -0.3 is 20.5 Å². The Morgan fingerprint density at radius 2 is 2.05 bits per heavy atom. The van der Waals surface area contributed by atoms with Crippen molar-refractivity contribution in [2.24, 2.45) is 0 Å². The number of fused-ring (bicyclic) bond motifs is 1. The lowest BCUT2D eigenvalue weighted by Gasteiger charge is -2.16. The Kier molecular flexibility index (Phi) is 4.05. The molecule has 0 spiro atoms. The molecule has 1 heterocycles. The van der Waals surface area contributed by atoms with Crippen molar-refractivity contribution in [3.63, 3.8) is 0 Å². The molecule has 1 aromatic heterocycles. The van der Waals surface area contributed by atoms with Crippen LogP contribution in [0.3, 0.4) is 0 Å². The molecular formula is C14H16N2O4. The molecular weight excluding hydrogens is 260 g/mol. The second kappa shape index (κ2) is 5.75. The summed E-state index contributed by atoms with van der Waals surface area (Å²) in [4.78, 5) is 25.8. The highest BCUT2D eigenvalue weighted by molar-refractivity contribution is 5.90. The van der Waals surface area contributed by atoms with Crippen molar-refractivity contribution in [1.82, 2.24) is 10.3 Å². The third-order valence-corrected chi connectivity index (χ3v) is 3.09. The van der Waals surface area contributed by atoms with E-state index < -0.39 is 24.0 Å². The second-order valence-electron chi connectivity index (χ2n) is 4.66. The van der Waals surface area contributed by atoms with Gasteiger partial charge in [-0.2, -0.15) is 0 Å². The lowest BCUT2D eigenvalue weighted by molar-refractivity contribution is -0.144. The standard InChI is InChI=1S/C14H16N2O4/c1-8(17)13(14(19)20)16-12(18)6-9-7-15-11-5-3-2-4-10(9)11/h2-5,7-8,13,15,17H,6H2,1H3,(H,16,18)(H,19,20). The molecule has 0 aliphatic rings. The number of rotatable bonds is 5. The fourth-order valence-corrected chi connectivity index (χ4v) is 2.06. The van der Waals surface area contributed by atoms with Crippen LogP contribution in [0.15, 0.2) is 30.5 Å². The summed E-state index contributed by atoms with van der Waals surface area (Å²) in [5, 5.41) is 21.5. The number of amides is 1. The van der Waals surface area contributed by atoms with E-state index in [4.69, 9.17) is 5.11 Å². The Balaban J connectivity index is 2.10. The Bertz CT molecular complexity index is 633. The number of carboxylic acid groups (broad SMARTS) is 1. The SMILES string of the molecule is CC(O)C(NC(=O)Cc1c[nH]c2ccccc12)C(=O)O. The number of aromatic nitrogens is 1. The molecule has 1 aromatic carbocycles. The molecule has 0 aliphatic heterocycles. The smallest absolute Gasteiger partial charge is 0.328 e. The average molecular weight is 276 g/mol. The third-order valence-electron chi connectivity index (χ3n) is 3.09. The van der Waals surface area contributed by atoms with E-state index in [1.807, 2.05) is 24.3 Å². The van der Waals surface area contributed by atoms with Crippen molar-refractivity contribution < 1.29 is 19.8 Å². The Morgan fingerprint density at radius 3 is 2.70 bits per heavy atom. The predicted molar refractivity (Wildman–Crippen MR) is 73.3 cm³/mol. The number of benzene rings is 1. The van der Waals surface area contributed by atoms with E-state index in [0.717, 1.165) is 16.5 Å². The summed E-state index contributed by atoms with van der Waals surface area (Å²) in [6.07, 6.45) is 0.627. The second-order valence-corrected chi connectivity index (χ2v) is 4.66. The van der Waals surface area contributed by atoms with Crippen molar-refractivity contribution in [2.75, 3.05) is 0 Å². The number of hydrogen-bond donors (Lipinski definition) is 4. The van der Waals surface area contributed by atoms with E-state index >= 15 is 0 Å². The van der Waals surface area contributed by atoms with Gasteiger partial charge in [-0.3, -0.25) is 4.79 Å². The molecule has 1 amide bonds. The van der Waals surface area contributed by atoms with Crippen LogP contribution in [0.5, 0.6) is 0 Å². The summed E-state index contributed by atoms with van der Waals surface area (Å²) in [6.45, 7) is 1.32. The highest BCUT2D eigenvalue weighted by atomic mass is 16.4. The minimum Gasteiger partial charge on any atom is -0.480 e. The number of hydrogen-bond acceptors (Lipinski definition) is 3. The van der Waals surface area contributed by atoms with E-state index in [0.29, 0.717) is 0 Å². The van der Waals surface area contributed by atoms with Gasteiger partial charge in [0.2, 0.25) is 5.91 Å². The van der Waals surface area contributed by atoms with Gasteiger partial charge in [0, 0.05) is 17.1 Å². The fourth-order valence-electron chi connectivity index (χ4n) is 2.06. The quantitative estimate of drug-likeness (QED) is 0.644. The first-order chi connectivity index (χ1) is 9.49. The van der Waals surface area contributed by atoms with Crippen LogP contribution in [-0.4, -0.2) is 39.2 Å². The summed E-state index contributed by atoms with van der Waals surface area (Å²) in [6, 6.07) is 6.24. The van der Waals surface area contributed by atoms with Crippen LogP contribution in [0.2, 0.25) is 0 Å². The molecule has 2 atom stereocenters. The molecule has 2 aromatic rings. The zero-order valence-corrected chi connectivity index (χ0v) is 11.0. The van der Waals surface area contributed by atoms with Gasteiger partial charge in [0.25, 0.3) is 0 Å². The summed E-state index contributed by atoms with van der Waals surface area (Å²) < 4.78 is 0. The first-order valence-electron chi connectivity index (χ1n) is 6.24. The molecule has 106 valence electrons. The van der Waals surface area contributed by atoms with E-state index in [-0.39, 0.29) is 6.42 Å². The molecule has 2 unspecified atom stereocenters. The molecule has 2 rings (SSSR count). The number of para-hydroxylation sites is 1. The van der Waals surface area contributed by atoms with Gasteiger partial charge in [-0.1, -0.05) is 18.2 Å². The van der Waals surface area contributed by atoms with Crippen molar-refractivity contribution in [3.05, 3.63) is 36.0 Å². The summed E-state index contributed by atoms with van der Waals surface area (Å²) in [7, 11) is 0. The fraction of sp³-hybridized carbons (Fsp3) is 0.286. The van der Waals surface area contributed by atoms with Gasteiger partial charge in [0.05, 0.1) is 12.5 Å². The first kappa shape index (κ1) is 14.1. The van der Waals surface area contributed by atoms with Gasteiger partial charge in [0.1, 0.15) is 0 Å². The number of aliphatic hydroxyl groups excluding tert-OH is 1. The minimum atomic E-state index is -1.30. The maximum absolute atomic E-state index is 11.9. The molecule has 6 nitrogen and oxygen atoms in total. The van der Waals surface area contributed by atoms with Crippen LogP contribution in [-0.2, 0) is 16.0 Å². The topological polar surface area (TPSA) is 102 Å². The molecule has 0 bridgehead atoms. The molecule has 0 fully saturated rings. The number of carboxylic acids is 1. The molecule has 0 radical (unpaired) electrons. The highest BCUT2D eigenvalue weighted by Gasteiger charge is 2.25. The number of carbonyl (C=O) groups excluding carboxylic acids is 1. The van der Waals surface area contributed by atoms with E-state index in [2.05, 4.69) is 10.3 Å². The minimum absolute atomic E-state index is 0.0561. The molecule has 0 saturated heterocycles. The van der Waals surface area contributed by atoms with Gasteiger partial charge in [-0.15, -0.1) is 0 Å². The van der Waals surface area contributed by atoms with Crippen LogP contribution >= 0.6 is 0 Å². The maximum Gasteiger partial charge on any atom is 0.328 e. The first-order valence-corrected chi connectivity index (χ1v) is 6.24. The maximum atomic E-state index is 11.9. The lowest BCUT2D eigenvalue weighted by Crippen LogP contribution is -2.48. The highest BCUT2D eigenvalue weighted by Crippen LogP contribution is 2.18. The molecule has 0 aliphatic carbocycles. The number of nitrogens with one attached hydrogen (secondary N) is 2. The summed E-state index contributed by atoms with van der Waals surface area (Å²) >= 11 is 0. The number of carbonyl (C=O) groups is 2. The number of aliphatic carboxylic acids is 1. The Morgan fingerprint density at radius 1 is 1.35 bits per heavy atom. The summed E-state index contributed by atoms with van der Waals surface area (Å²) in [5.74, 6) is -1.70. The van der Waals surface area contributed by atoms with Crippen LogP contribution in [0, 0.1) is 0 Å². The monoisotopic (exact) mass is 276 g/mol. The Labute approximate surface area is 115 Å². The van der Waals surface area contributed by atoms with Crippen LogP contribution in [0.25, 0.3) is 10.9 Å². The van der Waals surface area contributed by atoms with Crippen molar-refractivity contribution in [2.45, 2.75) is 25.5 Å². The third kappa shape index (κ3) is 2.97. The molecule has 20 heavy (non-hydrogen) atoms.